The van der Waals surface area contributed by atoms with Crippen LogP contribution in [-0.4, -0.2) is 45.3 Å². The van der Waals surface area contributed by atoms with E-state index < -0.39 is 0 Å². The summed E-state index contributed by atoms with van der Waals surface area (Å²) in [6.45, 7) is 5.56. The molecule has 3 rings (SSSR count). The van der Waals surface area contributed by atoms with Crippen molar-refractivity contribution in [1.82, 2.24) is 10.6 Å². The second-order valence-electron chi connectivity index (χ2n) is 6.77. The predicted octanol–water partition coefficient (Wildman–Crippen LogP) is 3.21. The van der Waals surface area contributed by atoms with Gasteiger partial charge in [0.1, 0.15) is 6.10 Å². The van der Waals surface area contributed by atoms with Crippen LogP contribution >= 0.6 is 0 Å². The van der Waals surface area contributed by atoms with Gasteiger partial charge in [0.2, 0.25) is 0 Å². The van der Waals surface area contributed by atoms with Crippen LogP contribution in [0.5, 0.6) is 0 Å². The quantitative estimate of drug-likeness (QED) is 0.584. The fourth-order valence-electron chi connectivity index (χ4n) is 3.42. The Labute approximate surface area is 162 Å². The molecule has 0 amide bonds. The number of ether oxygens (including phenoxy) is 1. The minimum Gasteiger partial charge on any atom is -0.375 e. The number of nitrogens with zero attached hydrogens (tertiary/aromatic N) is 2. The number of aliphatic imine (C=N–C) groups is 1. The molecule has 144 valence electrons. The Kier molecular flexibility index (Phi) is 7.11. The smallest absolute Gasteiger partial charge is 0.191 e. The highest BCUT2D eigenvalue weighted by atomic mass is 16.5. The summed E-state index contributed by atoms with van der Waals surface area (Å²) in [5, 5.41) is 6.95. The van der Waals surface area contributed by atoms with Gasteiger partial charge >= 0.3 is 0 Å². The van der Waals surface area contributed by atoms with Gasteiger partial charge in [-0.3, -0.25) is 4.99 Å². The third-order valence-electron chi connectivity index (χ3n) is 4.87. The van der Waals surface area contributed by atoms with E-state index in [9.17, 15) is 0 Å². The summed E-state index contributed by atoms with van der Waals surface area (Å²) in [7, 11) is 1.74. The van der Waals surface area contributed by atoms with Crippen molar-refractivity contribution in [1.29, 1.82) is 0 Å². The highest BCUT2D eigenvalue weighted by Crippen LogP contribution is 2.20. The van der Waals surface area contributed by atoms with Crippen molar-refractivity contribution in [3.05, 3.63) is 66.2 Å². The van der Waals surface area contributed by atoms with Gasteiger partial charge in [-0.15, -0.1) is 0 Å². The second kappa shape index (κ2) is 9.97. The first-order valence-electron chi connectivity index (χ1n) is 9.72. The van der Waals surface area contributed by atoms with Crippen molar-refractivity contribution < 1.29 is 4.74 Å². The summed E-state index contributed by atoms with van der Waals surface area (Å²) in [6, 6.07) is 21.2. The Morgan fingerprint density at radius 2 is 1.85 bits per heavy atom. The third-order valence-corrected chi connectivity index (χ3v) is 4.87. The van der Waals surface area contributed by atoms with Crippen LogP contribution in [0.1, 0.15) is 25.0 Å². The molecule has 2 unspecified atom stereocenters. The lowest BCUT2D eigenvalue weighted by molar-refractivity contribution is 0.111. The monoisotopic (exact) mass is 366 g/mol. The van der Waals surface area contributed by atoms with Gasteiger partial charge in [-0.25, -0.2) is 0 Å². The zero-order valence-electron chi connectivity index (χ0n) is 16.3. The van der Waals surface area contributed by atoms with Crippen molar-refractivity contribution in [2.75, 3.05) is 38.2 Å². The Morgan fingerprint density at radius 1 is 1.15 bits per heavy atom. The van der Waals surface area contributed by atoms with Gasteiger partial charge in [0.15, 0.2) is 5.96 Å². The number of para-hydroxylation sites is 1. The molecule has 2 aromatic rings. The zero-order valence-corrected chi connectivity index (χ0v) is 16.3. The van der Waals surface area contributed by atoms with Crippen molar-refractivity contribution in [2.24, 2.45) is 4.99 Å². The fraction of sp³-hybridized carbons (Fsp3) is 0.409. The van der Waals surface area contributed by atoms with Crippen molar-refractivity contribution in [2.45, 2.75) is 25.5 Å². The maximum absolute atomic E-state index is 5.64. The minimum atomic E-state index is -0.0361. The van der Waals surface area contributed by atoms with Crippen LogP contribution in [0.25, 0.3) is 0 Å². The number of hydrogen-bond donors (Lipinski definition) is 2. The molecule has 0 aromatic heterocycles. The maximum atomic E-state index is 5.64. The largest absolute Gasteiger partial charge is 0.375 e. The van der Waals surface area contributed by atoms with E-state index in [0.717, 1.165) is 37.6 Å². The summed E-state index contributed by atoms with van der Waals surface area (Å²) in [6.07, 6.45) is 1.07. The maximum Gasteiger partial charge on any atom is 0.191 e. The lowest BCUT2D eigenvalue weighted by atomic mass is 10.1. The molecule has 0 radical (unpaired) electrons. The van der Waals surface area contributed by atoms with Gasteiger partial charge in [0, 0.05) is 38.5 Å². The lowest BCUT2D eigenvalue weighted by Crippen LogP contribution is -2.44. The highest BCUT2D eigenvalue weighted by Gasteiger charge is 2.23. The van der Waals surface area contributed by atoms with E-state index >= 15 is 0 Å². The minimum absolute atomic E-state index is 0.0361. The van der Waals surface area contributed by atoms with E-state index in [1.807, 2.05) is 18.2 Å². The van der Waals surface area contributed by atoms with Crippen LogP contribution < -0.4 is 15.5 Å². The Hall–Kier alpha value is -2.53. The number of guanidine groups is 1. The molecule has 0 spiro atoms. The van der Waals surface area contributed by atoms with Crippen molar-refractivity contribution in [3.63, 3.8) is 0 Å². The number of nitrogens with one attached hydrogen (secondary N) is 2. The van der Waals surface area contributed by atoms with Crippen LogP contribution in [0.4, 0.5) is 5.69 Å². The molecule has 2 atom stereocenters. The molecule has 5 nitrogen and oxygen atoms in total. The molecule has 27 heavy (non-hydrogen) atoms. The van der Waals surface area contributed by atoms with Crippen LogP contribution in [0.3, 0.4) is 0 Å². The van der Waals surface area contributed by atoms with Gasteiger partial charge in [0.25, 0.3) is 0 Å². The SMILES string of the molecule is CCNC(=NCC(OC)c1ccccc1)NC1CCN(c2ccccc2)C1. The molecule has 1 heterocycles. The highest BCUT2D eigenvalue weighted by molar-refractivity contribution is 5.80. The topological polar surface area (TPSA) is 48.9 Å². The van der Waals surface area contributed by atoms with Gasteiger partial charge < -0.3 is 20.3 Å². The summed E-state index contributed by atoms with van der Waals surface area (Å²) in [5.41, 5.74) is 2.43. The van der Waals surface area contributed by atoms with Crippen LogP contribution in [0, 0.1) is 0 Å². The number of hydrogen-bond acceptors (Lipinski definition) is 3. The average Bonchev–Trinajstić information content (AvgIpc) is 3.18. The molecule has 1 fully saturated rings. The van der Waals surface area contributed by atoms with E-state index in [0.29, 0.717) is 12.6 Å². The van der Waals surface area contributed by atoms with E-state index in [1.165, 1.54) is 5.69 Å². The molecule has 1 aliphatic rings. The van der Waals surface area contributed by atoms with Gasteiger partial charge in [-0.1, -0.05) is 48.5 Å². The van der Waals surface area contributed by atoms with Crippen molar-refractivity contribution in [3.8, 4) is 0 Å². The van der Waals surface area contributed by atoms with Crippen LogP contribution in [0.15, 0.2) is 65.7 Å². The summed E-state index contributed by atoms with van der Waals surface area (Å²) in [4.78, 5) is 7.19. The molecule has 5 heteroatoms. The van der Waals surface area contributed by atoms with Crippen LogP contribution in [0.2, 0.25) is 0 Å². The number of anilines is 1. The summed E-state index contributed by atoms with van der Waals surface area (Å²) >= 11 is 0. The van der Waals surface area contributed by atoms with E-state index in [-0.39, 0.29) is 6.10 Å². The van der Waals surface area contributed by atoms with Crippen LogP contribution in [-0.2, 0) is 4.74 Å². The lowest BCUT2D eigenvalue weighted by Gasteiger charge is -2.21. The number of methoxy groups -OCH3 is 1. The van der Waals surface area contributed by atoms with Gasteiger partial charge in [0.05, 0.1) is 6.54 Å². The Morgan fingerprint density at radius 3 is 2.52 bits per heavy atom. The predicted molar refractivity (Wildman–Crippen MR) is 112 cm³/mol. The second-order valence-corrected chi connectivity index (χ2v) is 6.77. The first-order valence-corrected chi connectivity index (χ1v) is 9.72. The Balaban J connectivity index is 1.59. The van der Waals surface area contributed by atoms with E-state index in [1.54, 1.807) is 7.11 Å². The number of rotatable bonds is 7. The molecule has 0 bridgehead atoms. The number of benzene rings is 2. The van der Waals surface area contributed by atoms with Gasteiger partial charge in [-0.05, 0) is 31.0 Å². The molecule has 0 saturated carbocycles. The first-order chi connectivity index (χ1) is 13.3. The van der Waals surface area contributed by atoms with E-state index in [4.69, 9.17) is 9.73 Å². The molecule has 0 aliphatic carbocycles. The van der Waals surface area contributed by atoms with Crippen molar-refractivity contribution >= 4 is 11.6 Å². The first kappa shape index (κ1) is 19.2. The van der Waals surface area contributed by atoms with E-state index in [2.05, 4.69) is 64.9 Å². The zero-order chi connectivity index (χ0) is 18.9. The Bertz CT molecular complexity index is 705. The summed E-state index contributed by atoms with van der Waals surface area (Å²) < 4.78 is 5.64. The average molecular weight is 367 g/mol. The fourth-order valence-corrected chi connectivity index (χ4v) is 3.42. The molecule has 2 aromatic carbocycles. The van der Waals surface area contributed by atoms with Gasteiger partial charge in [-0.2, -0.15) is 0 Å². The molecule has 1 aliphatic heterocycles. The molecular weight excluding hydrogens is 336 g/mol. The molecule has 2 N–H and O–H groups in total. The standard InChI is InChI=1S/C22H30N4O/c1-3-23-22(24-16-21(27-2)18-10-6-4-7-11-18)25-19-14-15-26(17-19)20-12-8-5-9-13-20/h4-13,19,21H,3,14-17H2,1-2H3,(H2,23,24,25). The third kappa shape index (κ3) is 5.47. The molecular formula is C22H30N4O. The summed E-state index contributed by atoms with van der Waals surface area (Å²) in [5.74, 6) is 0.857. The normalized spacial score (nSPS) is 18.4. The molecule has 1 saturated heterocycles.